The van der Waals surface area contributed by atoms with Crippen LogP contribution in [0.4, 0.5) is 0 Å². The second-order valence-electron chi connectivity index (χ2n) is 3.52. The minimum atomic E-state index is -0.369. The lowest BCUT2D eigenvalue weighted by Crippen LogP contribution is -2.08. The summed E-state index contributed by atoms with van der Waals surface area (Å²) in [6.07, 6.45) is 0. The lowest BCUT2D eigenvalue weighted by atomic mass is 10.3. The minimum absolute atomic E-state index is 0.369. The fourth-order valence-electron chi connectivity index (χ4n) is 1.71. The molecule has 0 spiro atoms. The number of hydrogen-bond donors (Lipinski definition) is 0. The molecule has 0 aliphatic carbocycles. The smallest absolute Gasteiger partial charge is 0.356 e. The SMILES string of the molecule is COC(=O)c1c(C)nc2c(Br)ccc(C)n12. The fraction of sp³-hybridized carbons (Fsp3) is 0.273. The normalized spacial score (nSPS) is 10.8. The number of aryl methyl sites for hydroxylation is 2. The van der Waals surface area contributed by atoms with Crippen LogP contribution in [0.3, 0.4) is 0 Å². The van der Waals surface area contributed by atoms with E-state index in [1.165, 1.54) is 7.11 Å². The number of pyridine rings is 1. The van der Waals surface area contributed by atoms with Crippen LogP contribution in [0.1, 0.15) is 21.9 Å². The summed E-state index contributed by atoms with van der Waals surface area (Å²) in [5, 5.41) is 0. The molecule has 84 valence electrons. The van der Waals surface area contributed by atoms with Crippen molar-refractivity contribution >= 4 is 27.5 Å². The van der Waals surface area contributed by atoms with Crippen molar-refractivity contribution in [1.82, 2.24) is 9.38 Å². The second kappa shape index (κ2) is 3.90. The largest absolute Gasteiger partial charge is 0.464 e. The number of ether oxygens (including phenoxy) is 1. The van der Waals surface area contributed by atoms with Gasteiger partial charge in [-0.15, -0.1) is 0 Å². The van der Waals surface area contributed by atoms with E-state index in [2.05, 4.69) is 20.9 Å². The highest BCUT2D eigenvalue weighted by molar-refractivity contribution is 9.10. The first-order valence-electron chi connectivity index (χ1n) is 4.78. The van der Waals surface area contributed by atoms with Crippen molar-refractivity contribution in [1.29, 1.82) is 0 Å². The zero-order valence-electron chi connectivity index (χ0n) is 9.24. The Morgan fingerprint density at radius 3 is 2.75 bits per heavy atom. The molecule has 0 bridgehead atoms. The molecule has 0 unspecified atom stereocenters. The monoisotopic (exact) mass is 282 g/mol. The average Bonchev–Trinajstić information content (AvgIpc) is 2.61. The van der Waals surface area contributed by atoms with Crippen molar-refractivity contribution in [3.63, 3.8) is 0 Å². The molecular weight excluding hydrogens is 272 g/mol. The summed E-state index contributed by atoms with van der Waals surface area (Å²) in [6.45, 7) is 3.72. The summed E-state index contributed by atoms with van der Waals surface area (Å²) in [5.74, 6) is -0.369. The molecular formula is C11H11BrN2O2. The van der Waals surface area contributed by atoms with Crippen LogP contribution in [-0.2, 0) is 4.74 Å². The molecule has 0 aliphatic heterocycles. The number of esters is 1. The number of halogens is 1. The standard InChI is InChI=1S/C11H11BrN2O2/c1-6-4-5-8(12)10-13-7(2)9(14(6)10)11(15)16-3/h4-5H,1-3H3. The zero-order chi connectivity index (χ0) is 11.9. The molecule has 0 fully saturated rings. The highest BCUT2D eigenvalue weighted by atomic mass is 79.9. The summed E-state index contributed by atoms with van der Waals surface area (Å²) in [6, 6.07) is 3.84. The third-order valence-corrected chi connectivity index (χ3v) is 3.09. The van der Waals surface area contributed by atoms with Crippen molar-refractivity contribution in [2.75, 3.05) is 7.11 Å². The summed E-state index contributed by atoms with van der Waals surface area (Å²) in [4.78, 5) is 16.0. The highest BCUT2D eigenvalue weighted by Gasteiger charge is 2.19. The Balaban J connectivity index is 2.88. The minimum Gasteiger partial charge on any atom is -0.464 e. The summed E-state index contributed by atoms with van der Waals surface area (Å²) < 4.78 is 7.42. The van der Waals surface area contributed by atoms with Gasteiger partial charge in [0.1, 0.15) is 0 Å². The first kappa shape index (κ1) is 11.1. The van der Waals surface area contributed by atoms with Crippen LogP contribution >= 0.6 is 15.9 Å². The number of carbonyl (C=O) groups is 1. The number of nitrogens with zero attached hydrogens (tertiary/aromatic N) is 2. The van der Waals surface area contributed by atoms with E-state index < -0.39 is 0 Å². The van der Waals surface area contributed by atoms with E-state index in [9.17, 15) is 4.79 Å². The van der Waals surface area contributed by atoms with Crippen molar-refractivity contribution in [3.8, 4) is 0 Å². The van der Waals surface area contributed by atoms with Gasteiger partial charge in [-0.25, -0.2) is 9.78 Å². The maximum absolute atomic E-state index is 11.7. The van der Waals surface area contributed by atoms with E-state index in [4.69, 9.17) is 4.74 Å². The predicted molar refractivity (Wildman–Crippen MR) is 63.7 cm³/mol. The lowest BCUT2D eigenvalue weighted by Gasteiger charge is -2.05. The van der Waals surface area contributed by atoms with Gasteiger partial charge in [-0.3, -0.25) is 4.40 Å². The zero-order valence-corrected chi connectivity index (χ0v) is 10.8. The van der Waals surface area contributed by atoms with Gasteiger partial charge in [0.2, 0.25) is 0 Å². The van der Waals surface area contributed by atoms with Crippen molar-refractivity contribution in [2.45, 2.75) is 13.8 Å². The van der Waals surface area contributed by atoms with E-state index in [1.54, 1.807) is 11.3 Å². The van der Waals surface area contributed by atoms with Crippen LogP contribution in [0.15, 0.2) is 16.6 Å². The molecule has 5 heteroatoms. The van der Waals surface area contributed by atoms with Crippen molar-refractivity contribution in [2.24, 2.45) is 0 Å². The second-order valence-corrected chi connectivity index (χ2v) is 4.37. The molecule has 4 nitrogen and oxygen atoms in total. The summed E-state index contributed by atoms with van der Waals surface area (Å²) in [7, 11) is 1.37. The Hall–Kier alpha value is -1.36. The van der Waals surface area contributed by atoms with Gasteiger partial charge >= 0.3 is 5.97 Å². The molecule has 0 atom stereocenters. The highest BCUT2D eigenvalue weighted by Crippen LogP contribution is 2.22. The van der Waals surface area contributed by atoms with E-state index >= 15 is 0 Å². The van der Waals surface area contributed by atoms with Crippen molar-refractivity contribution in [3.05, 3.63) is 33.7 Å². The van der Waals surface area contributed by atoms with Gasteiger partial charge in [-0.2, -0.15) is 0 Å². The Kier molecular flexibility index (Phi) is 2.71. The number of hydrogen-bond acceptors (Lipinski definition) is 3. The Bertz CT molecular complexity index is 575. The van der Waals surface area contributed by atoms with E-state index in [0.29, 0.717) is 11.4 Å². The van der Waals surface area contributed by atoms with Gasteiger partial charge < -0.3 is 4.74 Å². The molecule has 0 saturated heterocycles. The van der Waals surface area contributed by atoms with Crippen LogP contribution in [0.2, 0.25) is 0 Å². The van der Waals surface area contributed by atoms with Gasteiger partial charge in [0.05, 0.1) is 17.3 Å². The van der Waals surface area contributed by atoms with E-state index in [0.717, 1.165) is 15.8 Å². The number of rotatable bonds is 1. The Labute approximate surface area is 101 Å². The Morgan fingerprint density at radius 2 is 2.12 bits per heavy atom. The molecule has 0 radical (unpaired) electrons. The van der Waals surface area contributed by atoms with Gasteiger partial charge in [-0.1, -0.05) is 0 Å². The number of imidazole rings is 1. The number of fused-ring (bicyclic) bond motifs is 1. The van der Waals surface area contributed by atoms with Crippen LogP contribution in [0, 0.1) is 13.8 Å². The molecule has 0 aromatic carbocycles. The van der Waals surface area contributed by atoms with Crippen LogP contribution in [-0.4, -0.2) is 22.5 Å². The summed E-state index contributed by atoms with van der Waals surface area (Å²) in [5.41, 5.74) is 2.83. The number of aromatic nitrogens is 2. The molecule has 0 amide bonds. The Morgan fingerprint density at radius 1 is 1.44 bits per heavy atom. The molecule has 2 aromatic heterocycles. The van der Waals surface area contributed by atoms with Crippen LogP contribution in [0.5, 0.6) is 0 Å². The van der Waals surface area contributed by atoms with Gasteiger partial charge in [0, 0.05) is 5.69 Å². The molecule has 2 aromatic rings. The first-order valence-corrected chi connectivity index (χ1v) is 5.58. The third kappa shape index (κ3) is 1.51. The maximum Gasteiger partial charge on any atom is 0.356 e. The third-order valence-electron chi connectivity index (χ3n) is 2.47. The van der Waals surface area contributed by atoms with Gasteiger partial charge in [-0.05, 0) is 41.9 Å². The quantitative estimate of drug-likeness (QED) is 0.755. The van der Waals surface area contributed by atoms with E-state index in [-0.39, 0.29) is 5.97 Å². The topological polar surface area (TPSA) is 43.6 Å². The molecule has 16 heavy (non-hydrogen) atoms. The molecule has 2 heterocycles. The summed E-state index contributed by atoms with van der Waals surface area (Å²) >= 11 is 3.41. The van der Waals surface area contributed by atoms with Gasteiger partial charge in [0.25, 0.3) is 0 Å². The fourth-order valence-corrected chi connectivity index (χ4v) is 2.11. The lowest BCUT2D eigenvalue weighted by molar-refractivity contribution is 0.0591. The van der Waals surface area contributed by atoms with E-state index in [1.807, 2.05) is 19.1 Å². The number of methoxy groups -OCH3 is 1. The molecule has 0 aliphatic rings. The molecule has 0 saturated carbocycles. The number of carbonyl (C=O) groups excluding carboxylic acids is 1. The van der Waals surface area contributed by atoms with Crippen LogP contribution < -0.4 is 0 Å². The van der Waals surface area contributed by atoms with Crippen molar-refractivity contribution < 1.29 is 9.53 Å². The average molecular weight is 283 g/mol. The molecule has 0 N–H and O–H groups in total. The molecule has 2 rings (SSSR count). The first-order chi connectivity index (χ1) is 7.56. The van der Waals surface area contributed by atoms with Crippen LogP contribution in [0.25, 0.3) is 5.65 Å². The predicted octanol–water partition coefficient (Wildman–Crippen LogP) is 2.50. The van der Waals surface area contributed by atoms with Gasteiger partial charge in [0.15, 0.2) is 11.3 Å². The maximum atomic E-state index is 11.7.